The molecule has 1 aliphatic rings. The van der Waals surface area contributed by atoms with Crippen molar-refractivity contribution in [3.8, 4) is 5.75 Å². The van der Waals surface area contributed by atoms with Crippen LogP contribution in [0, 0.1) is 19.8 Å². The van der Waals surface area contributed by atoms with Crippen LogP contribution in [0.1, 0.15) is 54.8 Å². The lowest BCUT2D eigenvalue weighted by molar-refractivity contribution is 0.300. The minimum absolute atomic E-state index is 0.125. The molecule has 0 amide bonds. The number of hydrogen-bond donors (Lipinski definition) is 1. The lowest BCUT2D eigenvalue weighted by atomic mass is 9.81. The van der Waals surface area contributed by atoms with E-state index in [-0.39, 0.29) is 6.04 Å². The van der Waals surface area contributed by atoms with E-state index in [1.807, 2.05) is 0 Å². The van der Waals surface area contributed by atoms with Crippen molar-refractivity contribution < 1.29 is 4.74 Å². The molecule has 1 aromatic rings. The Morgan fingerprint density at radius 3 is 2.44 bits per heavy atom. The van der Waals surface area contributed by atoms with Gasteiger partial charge in [0.15, 0.2) is 0 Å². The smallest absolute Gasteiger partial charge is 0.126 e. The van der Waals surface area contributed by atoms with Crippen molar-refractivity contribution in [2.75, 3.05) is 7.11 Å². The second-order valence-corrected chi connectivity index (χ2v) is 5.55. The summed E-state index contributed by atoms with van der Waals surface area (Å²) in [6.45, 7) is 4.24. The van der Waals surface area contributed by atoms with E-state index in [2.05, 4.69) is 26.0 Å². The highest BCUT2D eigenvalue weighted by atomic mass is 16.5. The number of benzene rings is 1. The third-order valence-corrected chi connectivity index (χ3v) is 4.43. The molecule has 1 aromatic carbocycles. The molecule has 0 saturated heterocycles. The third kappa shape index (κ3) is 2.54. The maximum absolute atomic E-state index is 6.49. The fraction of sp³-hybridized carbons (Fsp3) is 0.625. The molecule has 1 fully saturated rings. The molecule has 0 aromatic heterocycles. The average Bonchev–Trinajstić information content (AvgIpc) is 2.42. The summed E-state index contributed by atoms with van der Waals surface area (Å²) in [7, 11) is 1.75. The summed E-state index contributed by atoms with van der Waals surface area (Å²) in [4.78, 5) is 0. The first-order valence-electron chi connectivity index (χ1n) is 7.04. The molecule has 18 heavy (non-hydrogen) atoms. The number of aryl methyl sites for hydroxylation is 1. The fourth-order valence-electron chi connectivity index (χ4n) is 3.09. The molecule has 0 radical (unpaired) electrons. The molecule has 2 heteroatoms. The van der Waals surface area contributed by atoms with Gasteiger partial charge in [0.05, 0.1) is 7.11 Å². The Morgan fingerprint density at radius 2 is 1.83 bits per heavy atom. The van der Waals surface area contributed by atoms with Crippen LogP contribution in [0.2, 0.25) is 0 Å². The van der Waals surface area contributed by atoms with Crippen LogP contribution in [0.3, 0.4) is 0 Å². The number of rotatable bonds is 3. The number of ether oxygens (including phenoxy) is 1. The zero-order chi connectivity index (χ0) is 13.1. The van der Waals surface area contributed by atoms with Gasteiger partial charge in [0.2, 0.25) is 0 Å². The zero-order valence-corrected chi connectivity index (χ0v) is 11.8. The fourth-order valence-corrected chi connectivity index (χ4v) is 3.09. The van der Waals surface area contributed by atoms with Crippen LogP contribution in [-0.2, 0) is 0 Å². The van der Waals surface area contributed by atoms with Gasteiger partial charge in [-0.05, 0) is 43.7 Å². The van der Waals surface area contributed by atoms with E-state index >= 15 is 0 Å². The van der Waals surface area contributed by atoms with Crippen LogP contribution in [-0.4, -0.2) is 7.11 Å². The van der Waals surface area contributed by atoms with Gasteiger partial charge in [-0.3, -0.25) is 0 Å². The van der Waals surface area contributed by atoms with Crippen molar-refractivity contribution in [1.29, 1.82) is 0 Å². The van der Waals surface area contributed by atoms with Gasteiger partial charge in [-0.25, -0.2) is 0 Å². The van der Waals surface area contributed by atoms with Crippen molar-refractivity contribution >= 4 is 0 Å². The Labute approximate surface area is 111 Å². The van der Waals surface area contributed by atoms with Gasteiger partial charge in [0.1, 0.15) is 5.75 Å². The molecular weight excluding hydrogens is 222 g/mol. The quantitative estimate of drug-likeness (QED) is 0.879. The lowest BCUT2D eigenvalue weighted by Gasteiger charge is -2.29. The van der Waals surface area contributed by atoms with E-state index in [0.29, 0.717) is 5.92 Å². The number of nitrogens with two attached hydrogens (primary N) is 1. The molecule has 0 spiro atoms. The summed E-state index contributed by atoms with van der Waals surface area (Å²) in [6, 6.07) is 4.44. The van der Waals surface area contributed by atoms with Crippen molar-refractivity contribution in [3.05, 3.63) is 28.8 Å². The second kappa shape index (κ2) is 5.75. The molecule has 1 aliphatic carbocycles. The van der Waals surface area contributed by atoms with Gasteiger partial charge in [-0.2, -0.15) is 0 Å². The summed E-state index contributed by atoms with van der Waals surface area (Å²) in [5, 5.41) is 0. The van der Waals surface area contributed by atoms with Gasteiger partial charge >= 0.3 is 0 Å². The Hall–Kier alpha value is -1.02. The first kappa shape index (κ1) is 13.4. The van der Waals surface area contributed by atoms with E-state index in [9.17, 15) is 0 Å². The van der Waals surface area contributed by atoms with Gasteiger partial charge in [0.25, 0.3) is 0 Å². The van der Waals surface area contributed by atoms with Crippen molar-refractivity contribution in [2.45, 2.75) is 52.0 Å². The van der Waals surface area contributed by atoms with Crippen LogP contribution >= 0.6 is 0 Å². The Kier molecular flexibility index (Phi) is 4.28. The molecule has 0 heterocycles. The van der Waals surface area contributed by atoms with Gasteiger partial charge in [-0.1, -0.05) is 31.4 Å². The van der Waals surface area contributed by atoms with E-state index in [1.165, 1.54) is 48.8 Å². The SMILES string of the molecule is COc1c(C(N)C2CCCCC2)ccc(C)c1C. The number of methoxy groups -OCH3 is 1. The first-order chi connectivity index (χ1) is 8.65. The maximum Gasteiger partial charge on any atom is 0.126 e. The largest absolute Gasteiger partial charge is 0.496 e. The summed E-state index contributed by atoms with van der Waals surface area (Å²) in [6.07, 6.45) is 6.54. The highest BCUT2D eigenvalue weighted by Crippen LogP contribution is 2.38. The molecular formula is C16H25NO. The molecule has 1 unspecified atom stereocenters. The van der Waals surface area contributed by atoms with Crippen molar-refractivity contribution in [1.82, 2.24) is 0 Å². The molecule has 1 atom stereocenters. The van der Waals surface area contributed by atoms with Gasteiger partial charge in [0, 0.05) is 11.6 Å². The second-order valence-electron chi connectivity index (χ2n) is 5.55. The topological polar surface area (TPSA) is 35.2 Å². The molecule has 2 nitrogen and oxygen atoms in total. The monoisotopic (exact) mass is 247 g/mol. The minimum Gasteiger partial charge on any atom is -0.496 e. The first-order valence-corrected chi connectivity index (χ1v) is 7.04. The minimum atomic E-state index is 0.125. The predicted molar refractivity (Wildman–Crippen MR) is 76.0 cm³/mol. The van der Waals surface area contributed by atoms with Gasteiger partial charge in [-0.15, -0.1) is 0 Å². The van der Waals surface area contributed by atoms with Crippen LogP contribution in [0.15, 0.2) is 12.1 Å². The molecule has 0 aliphatic heterocycles. The van der Waals surface area contributed by atoms with E-state index in [1.54, 1.807) is 7.11 Å². The average molecular weight is 247 g/mol. The van der Waals surface area contributed by atoms with Crippen LogP contribution in [0.4, 0.5) is 0 Å². The summed E-state index contributed by atoms with van der Waals surface area (Å²) < 4.78 is 5.59. The highest BCUT2D eigenvalue weighted by Gasteiger charge is 2.25. The molecule has 2 rings (SSSR count). The Morgan fingerprint density at radius 1 is 1.17 bits per heavy atom. The predicted octanol–water partition coefficient (Wildman–Crippen LogP) is 3.89. The van der Waals surface area contributed by atoms with E-state index < -0.39 is 0 Å². The van der Waals surface area contributed by atoms with Crippen molar-refractivity contribution in [3.63, 3.8) is 0 Å². The standard InChI is InChI=1S/C16H25NO/c1-11-9-10-14(16(18-3)12(11)2)15(17)13-7-5-4-6-8-13/h9-10,13,15H,4-8,17H2,1-3H3. The molecule has 1 saturated carbocycles. The third-order valence-electron chi connectivity index (χ3n) is 4.43. The zero-order valence-electron chi connectivity index (χ0n) is 11.8. The van der Waals surface area contributed by atoms with E-state index in [0.717, 1.165) is 5.75 Å². The molecule has 0 bridgehead atoms. The maximum atomic E-state index is 6.49. The van der Waals surface area contributed by atoms with Crippen LogP contribution in [0.25, 0.3) is 0 Å². The summed E-state index contributed by atoms with van der Waals surface area (Å²) in [5.41, 5.74) is 10.2. The van der Waals surface area contributed by atoms with Crippen LogP contribution < -0.4 is 10.5 Å². The Bertz CT molecular complexity index is 408. The lowest BCUT2D eigenvalue weighted by Crippen LogP contribution is -2.24. The molecule has 2 N–H and O–H groups in total. The number of hydrogen-bond acceptors (Lipinski definition) is 2. The summed E-state index contributed by atoms with van der Waals surface area (Å²) >= 11 is 0. The normalized spacial score (nSPS) is 18.7. The highest BCUT2D eigenvalue weighted by molar-refractivity contribution is 5.46. The van der Waals surface area contributed by atoms with E-state index in [4.69, 9.17) is 10.5 Å². The summed E-state index contributed by atoms with van der Waals surface area (Å²) in [5.74, 6) is 1.61. The van der Waals surface area contributed by atoms with Gasteiger partial charge < -0.3 is 10.5 Å². The van der Waals surface area contributed by atoms with Crippen LogP contribution in [0.5, 0.6) is 5.75 Å². The Balaban J connectivity index is 2.28. The van der Waals surface area contributed by atoms with Crippen molar-refractivity contribution in [2.24, 2.45) is 11.7 Å². The molecule has 100 valence electrons.